The van der Waals surface area contributed by atoms with E-state index in [0.717, 1.165) is 48.5 Å². The Kier molecular flexibility index (Phi) is 17.8. The molecule has 0 heterocycles. The van der Waals surface area contributed by atoms with Crippen molar-refractivity contribution in [2.45, 2.75) is 102 Å². The first kappa shape index (κ1) is 55.8. The summed E-state index contributed by atoms with van der Waals surface area (Å²) in [7, 11) is 0. The number of nitrogens with zero attached hydrogens (tertiary/aromatic N) is 4. The van der Waals surface area contributed by atoms with Crippen LogP contribution in [0.2, 0.25) is 0 Å². The van der Waals surface area contributed by atoms with Crippen LogP contribution in [0.5, 0.6) is 23.0 Å². The molecule has 4 aromatic rings. The van der Waals surface area contributed by atoms with Crippen LogP contribution in [0.25, 0.3) is 0 Å². The highest BCUT2D eigenvalue weighted by Crippen LogP contribution is 2.44. The second-order valence-corrected chi connectivity index (χ2v) is 16.4. The van der Waals surface area contributed by atoms with Crippen LogP contribution < -0.4 is 18.9 Å². The summed E-state index contributed by atoms with van der Waals surface area (Å²) in [5, 5.41) is 50.1. The lowest BCUT2D eigenvalue weighted by Crippen LogP contribution is -2.14. The monoisotopic (exact) mass is 1040 g/mol. The minimum absolute atomic E-state index is 0.325. The first-order chi connectivity index (χ1) is 33.5. The van der Waals surface area contributed by atoms with Crippen molar-refractivity contribution in [3.05, 3.63) is 133 Å². The summed E-state index contributed by atoms with van der Waals surface area (Å²) < 4.78 is 183. The molecule has 0 atom stereocenters. The summed E-state index contributed by atoms with van der Waals surface area (Å²) in [6.07, 6.45) is -30.5. The molecule has 1 aliphatic rings. The molecule has 0 spiro atoms. The Morgan fingerprint density at radius 1 is 0.333 bits per heavy atom. The van der Waals surface area contributed by atoms with Crippen LogP contribution >= 0.6 is 0 Å². The van der Waals surface area contributed by atoms with Crippen molar-refractivity contribution in [2.24, 2.45) is 0 Å². The molecule has 8 bridgehead atoms. The van der Waals surface area contributed by atoms with Crippen molar-refractivity contribution in [2.75, 3.05) is 26.4 Å². The number of alkyl halides is 12. The molecule has 0 amide bonds. The van der Waals surface area contributed by atoms with Crippen molar-refractivity contribution < 1.29 is 91.3 Å². The van der Waals surface area contributed by atoms with Gasteiger partial charge < -0.3 is 18.9 Å². The number of hydrogen-bond donors (Lipinski definition) is 0. The Labute approximate surface area is 398 Å². The lowest BCUT2D eigenvalue weighted by Gasteiger charge is -2.23. The van der Waals surface area contributed by atoms with Gasteiger partial charge in [0.25, 0.3) is 22.7 Å². The topological polar surface area (TPSA) is 209 Å². The van der Waals surface area contributed by atoms with E-state index in [2.05, 4.69) is 0 Å². The largest absolute Gasteiger partial charge is 0.493 e. The van der Waals surface area contributed by atoms with Gasteiger partial charge in [-0.05, 0) is 25.7 Å². The second-order valence-electron chi connectivity index (χ2n) is 16.4. The zero-order valence-corrected chi connectivity index (χ0v) is 37.2. The molecule has 0 aromatic heterocycles. The molecule has 28 heteroatoms. The third-order valence-corrected chi connectivity index (χ3v) is 10.7. The van der Waals surface area contributed by atoms with Crippen LogP contribution in [0.15, 0.2) is 48.5 Å². The summed E-state index contributed by atoms with van der Waals surface area (Å²) in [6.45, 7) is -3.06. The Hall–Kier alpha value is -7.16. The van der Waals surface area contributed by atoms with Gasteiger partial charge in [0.1, 0.15) is 23.0 Å². The molecule has 16 nitrogen and oxygen atoms in total. The summed E-state index contributed by atoms with van der Waals surface area (Å²) in [6, 6.07) is 6.82. The number of fused-ring (bicyclic) bond motifs is 8. The molecular weight excluding hydrogens is 1000 g/mol. The number of benzene rings is 4. The molecular formula is C44H40F12N4O12. The van der Waals surface area contributed by atoms with E-state index in [1.54, 1.807) is 0 Å². The SMILES string of the molecule is O=[N+]([O-])c1cc2c(OCCCC(F)(F)F)c(c1)Cc1cc([N+](=O)[O-])cc(c1OCCCC(F)(F)F)Cc1cc([N+](=O)[O-])cc(c1OCCCC(F)(F)F)Cc1cc([N+](=O)[O-])cc(c1OCCCC(F)(F)F)C2. The number of nitro groups is 4. The summed E-state index contributed by atoms with van der Waals surface area (Å²) in [4.78, 5) is 46.4. The quantitative estimate of drug-likeness (QED) is 0.0308. The maximum Gasteiger partial charge on any atom is 0.389 e. The van der Waals surface area contributed by atoms with Crippen LogP contribution in [-0.4, -0.2) is 70.8 Å². The Bertz CT molecular complexity index is 2210. The molecule has 5 rings (SSSR count). The number of ether oxygens (including phenoxy) is 4. The fourth-order valence-electron chi connectivity index (χ4n) is 7.77. The third kappa shape index (κ3) is 16.5. The van der Waals surface area contributed by atoms with Crippen LogP contribution in [0.4, 0.5) is 75.4 Å². The van der Waals surface area contributed by atoms with Gasteiger partial charge in [0, 0.05) is 144 Å². The predicted octanol–water partition coefficient (Wildman–Crippen LogP) is 12.9. The van der Waals surface area contributed by atoms with E-state index in [0.29, 0.717) is 0 Å². The Morgan fingerprint density at radius 3 is 0.611 bits per heavy atom. The fourth-order valence-corrected chi connectivity index (χ4v) is 7.77. The number of hydrogen-bond acceptors (Lipinski definition) is 12. The van der Waals surface area contributed by atoms with Gasteiger partial charge in [-0.25, -0.2) is 0 Å². The number of halogens is 12. The minimum atomic E-state index is -4.71. The van der Waals surface area contributed by atoms with Gasteiger partial charge >= 0.3 is 24.7 Å². The number of non-ortho nitro benzene ring substituents is 4. The number of rotatable bonds is 20. The average Bonchev–Trinajstić information content (AvgIpc) is 3.24. The molecule has 392 valence electrons. The van der Waals surface area contributed by atoms with Gasteiger partial charge in [-0.15, -0.1) is 0 Å². The highest BCUT2D eigenvalue weighted by atomic mass is 19.4. The first-order valence-electron chi connectivity index (χ1n) is 21.5. The van der Waals surface area contributed by atoms with Crippen LogP contribution in [0.3, 0.4) is 0 Å². The molecule has 0 unspecified atom stereocenters. The Morgan fingerprint density at radius 2 is 0.486 bits per heavy atom. The normalized spacial score (nSPS) is 13.1. The summed E-state index contributed by atoms with van der Waals surface area (Å²) >= 11 is 0. The van der Waals surface area contributed by atoms with Gasteiger partial charge in [-0.3, -0.25) is 40.5 Å². The van der Waals surface area contributed by atoms with Gasteiger partial charge in [-0.1, -0.05) is 0 Å². The molecule has 72 heavy (non-hydrogen) atoms. The summed E-state index contributed by atoms with van der Waals surface area (Å²) in [5.41, 5.74) is -5.67. The molecule has 1 aliphatic carbocycles. The van der Waals surface area contributed by atoms with Crippen molar-refractivity contribution in [3.8, 4) is 23.0 Å². The molecule has 0 fully saturated rings. The molecule has 0 saturated heterocycles. The van der Waals surface area contributed by atoms with Crippen molar-refractivity contribution in [3.63, 3.8) is 0 Å². The van der Waals surface area contributed by atoms with Gasteiger partial charge in [0.05, 0.1) is 46.1 Å². The third-order valence-electron chi connectivity index (χ3n) is 10.7. The van der Waals surface area contributed by atoms with Gasteiger partial charge in [0.15, 0.2) is 0 Å². The minimum Gasteiger partial charge on any atom is -0.493 e. The predicted molar refractivity (Wildman–Crippen MR) is 227 cm³/mol. The van der Waals surface area contributed by atoms with Crippen LogP contribution in [-0.2, 0) is 25.7 Å². The van der Waals surface area contributed by atoms with Gasteiger partial charge in [0.2, 0.25) is 0 Å². The van der Waals surface area contributed by atoms with Crippen LogP contribution in [0.1, 0.15) is 95.9 Å². The van der Waals surface area contributed by atoms with E-state index < -0.39 is 194 Å². The van der Waals surface area contributed by atoms with E-state index in [9.17, 15) is 93.1 Å². The molecule has 0 radical (unpaired) electrons. The molecule has 0 N–H and O–H groups in total. The van der Waals surface area contributed by atoms with Crippen molar-refractivity contribution >= 4 is 22.7 Å². The zero-order valence-electron chi connectivity index (χ0n) is 37.2. The second kappa shape index (κ2) is 22.9. The lowest BCUT2D eigenvalue weighted by atomic mass is 9.90. The molecule has 0 aliphatic heterocycles. The molecule has 4 aromatic carbocycles. The molecule has 0 saturated carbocycles. The average molecular weight is 1040 g/mol. The highest BCUT2D eigenvalue weighted by molar-refractivity contribution is 5.62. The van der Waals surface area contributed by atoms with E-state index in [4.69, 9.17) is 18.9 Å². The van der Waals surface area contributed by atoms with E-state index in [1.807, 2.05) is 0 Å². The highest BCUT2D eigenvalue weighted by Gasteiger charge is 2.33. The van der Waals surface area contributed by atoms with Crippen molar-refractivity contribution in [1.29, 1.82) is 0 Å². The lowest BCUT2D eigenvalue weighted by molar-refractivity contribution is -0.385. The van der Waals surface area contributed by atoms with E-state index >= 15 is 0 Å². The summed E-state index contributed by atoms with van der Waals surface area (Å²) in [5.74, 6) is -1.73. The number of nitro benzene ring substituents is 4. The maximum absolute atomic E-state index is 13.3. The standard InChI is InChI=1S/C44H40F12N4O12/c45-41(46,47)5-1-9-69-37-25-13-27-19-34(58(63)64)21-29(38(27)70-10-2-6-42(48,49)50)15-31-23-36(60(67)68)24-32(40(31)72-12-4-8-44(54,55)56)16-30-22-35(59(65)66)20-28(14-26(37)18-33(17-25)57(61)62)39(30)71-11-3-7-43(51,52)53/h17-24H,1-16H2. The van der Waals surface area contributed by atoms with E-state index in [1.165, 1.54) is 0 Å². The fraction of sp³-hybridized carbons (Fsp3) is 0.455. The maximum atomic E-state index is 13.3. The zero-order chi connectivity index (χ0) is 53.3. The van der Waals surface area contributed by atoms with Gasteiger partial charge in [-0.2, -0.15) is 52.7 Å². The van der Waals surface area contributed by atoms with Crippen LogP contribution in [0, 0.1) is 40.5 Å². The smallest absolute Gasteiger partial charge is 0.389 e. The first-order valence-corrected chi connectivity index (χ1v) is 21.5. The van der Waals surface area contributed by atoms with E-state index in [-0.39, 0.29) is 44.5 Å². The van der Waals surface area contributed by atoms with Crippen molar-refractivity contribution in [1.82, 2.24) is 0 Å². The Balaban J connectivity index is 1.92.